The number of benzene rings is 2. The van der Waals surface area contributed by atoms with Crippen LogP contribution in [-0.2, 0) is 10.0 Å². The van der Waals surface area contributed by atoms with Crippen molar-refractivity contribution in [1.82, 2.24) is 9.21 Å². The number of likely N-dealkylation sites (N-methyl/N-ethyl adjacent to an activating group) is 1. The summed E-state index contributed by atoms with van der Waals surface area (Å²) in [7, 11) is -1.72. The van der Waals surface area contributed by atoms with Gasteiger partial charge >= 0.3 is 5.63 Å². The van der Waals surface area contributed by atoms with E-state index in [0.717, 1.165) is 10.9 Å². The summed E-state index contributed by atoms with van der Waals surface area (Å²) in [5, 5.41) is 3.51. The molecule has 0 aliphatic carbocycles. The third-order valence-corrected chi connectivity index (χ3v) is 7.30. The number of amides is 1. The minimum Gasteiger partial charge on any atom is -0.423 e. The zero-order valence-electron chi connectivity index (χ0n) is 17.3. The van der Waals surface area contributed by atoms with Crippen LogP contribution in [0.1, 0.15) is 15.9 Å². The monoisotopic (exact) mass is 441 g/mol. The molecule has 8 nitrogen and oxygen atoms in total. The highest BCUT2D eigenvalue weighted by atomic mass is 32.2. The van der Waals surface area contributed by atoms with Gasteiger partial charge in [0.1, 0.15) is 5.58 Å². The predicted octanol–water partition coefficient (Wildman–Crippen LogP) is 2.29. The van der Waals surface area contributed by atoms with Crippen molar-refractivity contribution in [3.05, 3.63) is 70.1 Å². The number of fused-ring (bicyclic) bond motifs is 1. The molecule has 9 heteroatoms. The number of piperazine rings is 1. The highest BCUT2D eigenvalue weighted by Crippen LogP contribution is 2.22. The Balaban J connectivity index is 1.57. The lowest BCUT2D eigenvalue weighted by molar-refractivity contribution is 0.102. The van der Waals surface area contributed by atoms with Gasteiger partial charge in [-0.3, -0.25) is 4.79 Å². The minimum atomic E-state index is -3.68. The Labute approximate surface area is 180 Å². The molecule has 1 N–H and O–H groups in total. The number of anilines is 1. The van der Waals surface area contributed by atoms with Crippen LogP contribution in [0.5, 0.6) is 0 Å². The average Bonchev–Trinajstić information content (AvgIpc) is 2.73. The number of carbonyl (C=O) groups is 1. The summed E-state index contributed by atoms with van der Waals surface area (Å²) >= 11 is 0. The molecule has 0 radical (unpaired) electrons. The molecule has 0 atom stereocenters. The molecule has 31 heavy (non-hydrogen) atoms. The molecule has 2 aromatic carbocycles. The first kappa shape index (κ1) is 21.2. The van der Waals surface area contributed by atoms with Crippen molar-refractivity contribution in [2.24, 2.45) is 0 Å². The molecule has 1 aliphatic heterocycles. The number of aryl methyl sites for hydroxylation is 1. The fourth-order valence-corrected chi connectivity index (χ4v) is 5.05. The summed E-state index contributed by atoms with van der Waals surface area (Å²) in [6.45, 7) is 3.96. The van der Waals surface area contributed by atoms with E-state index in [2.05, 4.69) is 10.2 Å². The summed E-state index contributed by atoms with van der Waals surface area (Å²) < 4.78 is 32.6. The van der Waals surface area contributed by atoms with Crippen LogP contribution in [-0.4, -0.2) is 56.8 Å². The van der Waals surface area contributed by atoms with E-state index in [0.29, 0.717) is 37.4 Å². The van der Waals surface area contributed by atoms with E-state index in [1.165, 1.54) is 22.5 Å². The summed E-state index contributed by atoms with van der Waals surface area (Å²) in [4.78, 5) is 26.5. The van der Waals surface area contributed by atoms with Crippen molar-refractivity contribution in [2.45, 2.75) is 11.8 Å². The topological polar surface area (TPSA) is 99.9 Å². The maximum absolute atomic E-state index is 13.0. The Hall–Kier alpha value is -3.01. The minimum absolute atomic E-state index is 0.0878. The van der Waals surface area contributed by atoms with Crippen molar-refractivity contribution in [2.75, 3.05) is 38.5 Å². The maximum atomic E-state index is 13.0. The molecule has 3 aromatic rings. The Kier molecular flexibility index (Phi) is 5.65. The van der Waals surface area contributed by atoms with Crippen molar-refractivity contribution in [3.63, 3.8) is 0 Å². The van der Waals surface area contributed by atoms with Gasteiger partial charge in [-0.1, -0.05) is 6.07 Å². The summed E-state index contributed by atoms with van der Waals surface area (Å²) in [6, 6.07) is 12.4. The standard InChI is InChI=1S/C22H23N3O5S/c1-15-12-21(26)30-20-14-17(6-7-19(15)20)23-22(27)16-4-3-5-18(13-16)31(28,29)25-10-8-24(2)9-11-25/h3-7,12-14H,8-11H2,1-2H3,(H,23,27). The number of rotatable bonds is 4. The molecule has 1 aliphatic rings. The van der Waals surface area contributed by atoms with Crippen LogP contribution >= 0.6 is 0 Å². The molecule has 0 unspecified atom stereocenters. The van der Waals surface area contributed by atoms with Crippen LogP contribution in [0.15, 0.2) is 62.6 Å². The van der Waals surface area contributed by atoms with E-state index in [9.17, 15) is 18.0 Å². The fraction of sp³-hybridized carbons (Fsp3) is 0.273. The Morgan fingerprint density at radius 2 is 1.77 bits per heavy atom. The van der Waals surface area contributed by atoms with Gasteiger partial charge in [0.2, 0.25) is 10.0 Å². The average molecular weight is 442 g/mol. The quantitative estimate of drug-likeness (QED) is 0.624. The van der Waals surface area contributed by atoms with E-state index in [1.807, 2.05) is 14.0 Å². The van der Waals surface area contributed by atoms with Gasteiger partial charge in [-0.2, -0.15) is 4.31 Å². The van der Waals surface area contributed by atoms with Gasteiger partial charge in [-0.15, -0.1) is 0 Å². The molecular formula is C22H23N3O5S. The highest BCUT2D eigenvalue weighted by molar-refractivity contribution is 7.89. The zero-order valence-corrected chi connectivity index (χ0v) is 18.1. The molecule has 0 bridgehead atoms. The first-order chi connectivity index (χ1) is 14.7. The highest BCUT2D eigenvalue weighted by Gasteiger charge is 2.28. The van der Waals surface area contributed by atoms with Crippen LogP contribution in [0.25, 0.3) is 11.0 Å². The van der Waals surface area contributed by atoms with E-state index in [4.69, 9.17) is 4.42 Å². The van der Waals surface area contributed by atoms with Gasteiger partial charge in [-0.25, -0.2) is 13.2 Å². The summed E-state index contributed by atoms with van der Waals surface area (Å²) in [5.41, 5.74) is 1.36. The SMILES string of the molecule is Cc1cc(=O)oc2cc(NC(=O)c3cccc(S(=O)(=O)N4CCN(C)CC4)c3)ccc12. The van der Waals surface area contributed by atoms with Gasteiger partial charge in [0.05, 0.1) is 4.90 Å². The Morgan fingerprint density at radius 3 is 2.52 bits per heavy atom. The molecule has 0 spiro atoms. The molecule has 1 amide bonds. The van der Waals surface area contributed by atoms with E-state index < -0.39 is 21.6 Å². The first-order valence-corrected chi connectivity index (χ1v) is 11.3. The Bertz CT molecular complexity index is 1310. The van der Waals surface area contributed by atoms with Crippen molar-refractivity contribution < 1.29 is 17.6 Å². The number of nitrogens with zero attached hydrogens (tertiary/aromatic N) is 2. The molecule has 162 valence electrons. The fourth-order valence-electron chi connectivity index (χ4n) is 3.58. The van der Waals surface area contributed by atoms with Crippen LogP contribution in [0, 0.1) is 6.92 Å². The second kappa shape index (κ2) is 8.26. The number of sulfonamides is 1. The second-order valence-corrected chi connectivity index (χ2v) is 9.59. The van der Waals surface area contributed by atoms with Gasteiger partial charge < -0.3 is 14.6 Å². The largest absolute Gasteiger partial charge is 0.423 e. The van der Waals surface area contributed by atoms with Gasteiger partial charge in [0.15, 0.2) is 0 Å². The van der Waals surface area contributed by atoms with Crippen molar-refractivity contribution in [3.8, 4) is 0 Å². The number of hydrogen-bond donors (Lipinski definition) is 1. The molecule has 4 rings (SSSR count). The second-order valence-electron chi connectivity index (χ2n) is 7.65. The van der Waals surface area contributed by atoms with E-state index in [1.54, 1.807) is 30.3 Å². The lowest BCUT2D eigenvalue weighted by Gasteiger charge is -2.31. The van der Waals surface area contributed by atoms with Crippen LogP contribution in [0.3, 0.4) is 0 Å². The first-order valence-electron chi connectivity index (χ1n) is 9.89. The zero-order chi connectivity index (χ0) is 22.2. The molecule has 2 heterocycles. The normalized spacial score (nSPS) is 15.8. The lowest BCUT2D eigenvalue weighted by Crippen LogP contribution is -2.47. The van der Waals surface area contributed by atoms with E-state index >= 15 is 0 Å². The van der Waals surface area contributed by atoms with Crippen LogP contribution < -0.4 is 10.9 Å². The molecule has 1 fully saturated rings. The van der Waals surface area contributed by atoms with Crippen LogP contribution in [0.4, 0.5) is 5.69 Å². The number of carbonyl (C=O) groups excluding carboxylic acids is 1. The predicted molar refractivity (Wildman–Crippen MR) is 118 cm³/mol. The maximum Gasteiger partial charge on any atom is 0.336 e. The third kappa shape index (κ3) is 4.39. The van der Waals surface area contributed by atoms with E-state index in [-0.39, 0.29) is 10.5 Å². The van der Waals surface area contributed by atoms with Crippen LogP contribution in [0.2, 0.25) is 0 Å². The number of hydrogen-bond acceptors (Lipinski definition) is 6. The smallest absolute Gasteiger partial charge is 0.336 e. The summed E-state index contributed by atoms with van der Waals surface area (Å²) in [6.07, 6.45) is 0. The summed E-state index contributed by atoms with van der Waals surface area (Å²) in [5.74, 6) is -0.454. The molecule has 0 saturated carbocycles. The third-order valence-electron chi connectivity index (χ3n) is 5.41. The molecular weight excluding hydrogens is 418 g/mol. The molecule has 1 saturated heterocycles. The molecule has 1 aromatic heterocycles. The Morgan fingerprint density at radius 1 is 1.03 bits per heavy atom. The number of nitrogens with one attached hydrogen (secondary N) is 1. The van der Waals surface area contributed by atoms with Crippen molar-refractivity contribution in [1.29, 1.82) is 0 Å². The van der Waals surface area contributed by atoms with Gasteiger partial charge in [0.25, 0.3) is 5.91 Å². The lowest BCUT2D eigenvalue weighted by atomic mass is 10.1. The van der Waals surface area contributed by atoms with Gasteiger partial charge in [0, 0.05) is 54.9 Å². The van der Waals surface area contributed by atoms with Gasteiger partial charge in [-0.05, 0) is 49.9 Å². The van der Waals surface area contributed by atoms with Crippen molar-refractivity contribution >= 4 is 32.6 Å².